The highest BCUT2D eigenvalue weighted by molar-refractivity contribution is 5.79. The fourth-order valence-corrected chi connectivity index (χ4v) is 1.87. The van der Waals surface area contributed by atoms with Gasteiger partial charge < -0.3 is 19.7 Å². The molecule has 0 saturated heterocycles. The summed E-state index contributed by atoms with van der Waals surface area (Å²) in [7, 11) is 0. The van der Waals surface area contributed by atoms with E-state index in [4.69, 9.17) is 4.74 Å². The topological polar surface area (TPSA) is 93.5 Å². The quantitative estimate of drug-likeness (QED) is 0.863. The molecule has 0 aromatic carbocycles. The third-order valence-electron chi connectivity index (χ3n) is 2.66. The third-order valence-corrected chi connectivity index (χ3v) is 2.66. The van der Waals surface area contributed by atoms with Crippen LogP contribution in [0.1, 0.15) is 39.2 Å². The van der Waals surface area contributed by atoms with Crippen molar-refractivity contribution in [3.8, 4) is 0 Å². The van der Waals surface area contributed by atoms with Crippen LogP contribution >= 0.6 is 0 Å². The first kappa shape index (κ1) is 17.0. The molecule has 1 atom stereocenters. The van der Waals surface area contributed by atoms with Crippen LogP contribution < -0.4 is 5.32 Å². The molecule has 2 N–H and O–H groups in total. The average molecular weight is 297 g/mol. The van der Waals surface area contributed by atoms with Crippen LogP contribution in [-0.2, 0) is 22.5 Å². The largest absolute Gasteiger partial charge is 0.480 e. The minimum atomic E-state index is -1.12. The van der Waals surface area contributed by atoms with Crippen molar-refractivity contribution < 1.29 is 19.4 Å². The predicted molar refractivity (Wildman–Crippen MR) is 77.1 cm³/mol. The standard InChI is InChI=1S/C14H23N3O4/c1-6-11-15-9(2)7-17(11)8-10(12(18)19)16-13(20)21-14(3,4)5/h7,10H,6,8H2,1-5H3,(H,16,20)(H,18,19). The van der Waals surface area contributed by atoms with Gasteiger partial charge in [-0.25, -0.2) is 14.6 Å². The van der Waals surface area contributed by atoms with Crippen molar-refractivity contribution in [1.29, 1.82) is 0 Å². The smallest absolute Gasteiger partial charge is 0.408 e. The van der Waals surface area contributed by atoms with Crippen LogP contribution in [0.25, 0.3) is 0 Å². The Morgan fingerprint density at radius 3 is 2.57 bits per heavy atom. The van der Waals surface area contributed by atoms with E-state index in [9.17, 15) is 14.7 Å². The summed E-state index contributed by atoms with van der Waals surface area (Å²) in [5, 5.41) is 11.6. The van der Waals surface area contributed by atoms with Gasteiger partial charge in [0.05, 0.1) is 12.2 Å². The first-order valence-electron chi connectivity index (χ1n) is 6.87. The summed E-state index contributed by atoms with van der Waals surface area (Å²) in [6.45, 7) is 9.05. The Morgan fingerprint density at radius 1 is 1.48 bits per heavy atom. The molecule has 0 aliphatic heterocycles. The first-order chi connectivity index (χ1) is 9.62. The molecule has 7 nitrogen and oxygen atoms in total. The zero-order valence-electron chi connectivity index (χ0n) is 13.1. The van der Waals surface area contributed by atoms with Gasteiger partial charge in [0.2, 0.25) is 0 Å². The molecule has 7 heteroatoms. The summed E-state index contributed by atoms with van der Waals surface area (Å²) in [6, 6.07) is -1.07. The summed E-state index contributed by atoms with van der Waals surface area (Å²) in [5.41, 5.74) is 0.140. The summed E-state index contributed by atoms with van der Waals surface area (Å²) in [4.78, 5) is 27.3. The molecule has 0 fully saturated rings. The molecule has 0 bridgehead atoms. The number of imidazole rings is 1. The Kier molecular flexibility index (Phi) is 5.34. The van der Waals surface area contributed by atoms with Crippen LogP contribution in [0.2, 0.25) is 0 Å². The highest BCUT2D eigenvalue weighted by atomic mass is 16.6. The van der Waals surface area contributed by atoms with Gasteiger partial charge in [0.1, 0.15) is 17.5 Å². The van der Waals surface area contributed by atoms with E-state index in [1.54, 1.807) is 31.5 Å². The zero-order valence-corrected chi connectivity index (χ0v) is 13.1. The normalized spacial score (nSPS) is 12.8. The molecule has 118 valence electrons. The van der Waals surface area contributed by atoms with Gasteiger partial charge in [-0.3, -0.25) is 0 Å². The van der Waals surface area contributed by atoms with Crippen LogP contribution in [-0.4, -0.2) is 38.4 Å². The lowest BCUT2D eigenvalue weighted by atomic mass is 10.2. The highest BCUT2D eigenvalue weighted by Gasteiger charge is 2.25. The molecule has 1 amide bonds. The van der Waals surface area contributed by atoms with Gasteiger partial charge >= 0.3 is 12.1 Å². The lowest BCUT2D eigenvalue weighted by Crippen LogP contribution is -2.45. The van der Waals surface area contributed by atoms with Crippen LogP contribution in [0.3, 0.4) is 0 Å². The van der Waals surface area contributed by atoms with Crippen LogP contribution in [0.5, 0.6) is 0 Å². The second-order valence-electron chi connectivity index (χ2n) is 5.84. The lowest BCUT2D eigenvalue weighted by molar-refractivity contribution is -0.139. The molecule has 0 spiro atoms. The second kappa shape index (κ2) is 6.60. The SMILES string of the molecule is CCc1nc(C)cn1CC(NC(=O)OC(C)(C)C)C(=O)O. The summed E-state index contributed by atoms with van der Waals surface area (Å²) < 4.78 is 6.82. The van der Waals surface area contributed by atoms with Gasteiger partial charge in [-0.05, 0) is 27.7 Å². The highest BCUT2D eigenvalue weighted by Crippen LogP contribution is 2.08. The maximum atomic E-state index is 11.7. The van der Waals surface area contributed by atoms with Crippen molar-refractivity contribution in [1.82, 2.24) is 14.9 Å². The number of aryl methyl sites for hydroxylation is 2. The number of hydrogen-bond donors (Lipinski definition) is 2. The molecule has 21 heavy (non-hydrogen) atoms. The van der Waals surface area contributed by atoms with Gasteiger partial charge in [-0.1, -0.05) is 6.92 Å². The number of carbonyl (C=O) groups is 2. The molecule has 0 radical (unpaired) electrons. The van der Waals surface area contributed by atoms with E-state index in [0.29, 0.717) is 6.42 Å². The maximum absolute atomic E-state index is 11.7. The Morgan fingerprint density at radius 2 is 2.10 bits per heavy atom. The average Bonchev–Trinajstić information content (AvgIpc) is 2.66. The maximum Gasteiger partial charge on any atom is 0.408 e. The number of aliphatic carboxylic acids is 1. The van der Waals surface area contributed by atoms with Crippen molar-refractivity contribution >= 4 is 12.1 Å². The number of carboxylic acid groups (broad SMARTS) is 1. The fourth-order valence-electron chi connectivity index (χ4n) is 1.87. The molecular weight excluding hydrogens is 274 g/mol. The van der Waals surface area contributed by atoms with E-state index >= 15 is 0 Å². The number of amides is 1. The van der Waals surface area contributed by atoms with Crippen molar-refractivity contribution in [2.45, 2.75) is 59.2 Å². The Balaban J connectivity index is 2.79. The van der Waals surface area contributed by atoms with Gasteiger partial charge in [-0.2, -0.15) is 0 Å². The van der Waals surface area contributed by atoms with Gasteiger partial charge in [-0.15, -0.1) is 0 Å². The number of carboxylic acids is 1. The molecule has 1 heterocycles. The van der Waals surface area contributed by atoms with Gasteiger partial charge in [0.25, 0.3) is 0 Å². The number of hydrogen-bond acceptors (Lipinski definition) is 4. The molecule has 1 aromatic heterocycles. The third kappa shape index (κ3) is 5.45. The van der Waals surface area contributed by atoms with Gasteiger partial charge in [0.15, 0.2) is 0 Å². The van der Waals surface area contributed by atoms with E-state index < -0.39 is 23.7 Å². The van der Waals surface area contributed by atoms with Crippen molar-refractivity contribution in [2.75, 3.05) is 0 Å². The van der Waals surface area contributed by atoms with Crippen LogP contribution in [0, 0.1) is 6.92 Å². The monoisotopic (exact) mass is 297 g/mol. The molecule has 1 aromatic rings. The second-order valence-corrected chi connectivity index (χ2v) is 5.84. The number of nitrogens with one attached hydrogen (secondary N) is 1. The molecule has 1 rings (SSSR count). The van der Waals surface area contributed by atoms with Crippen molar-refractivity contribution in [3.05, 3.63) is 17.7 Å². The Bertz CT molecular complexity index is 517. The number of nitrogens with zero attached hydrogens (tertiary/aromatic N) is 2. The molecule has 0 aliphatic carbocycles. The predicted octanol–water partition coefficient (Wildman–Crippen LogP) is 1.73. The number of carbonyl (C=O) groups excluding carboxylic acids is 1. The van der Waals surface area contributed by atoms with Crippen molar-refractivity contribution in [2.24, 2.45) is 0 Å². The Hall–Kier alpha value is -2.05. The molecule has 1 unspecified atom stereocenters. The minimum Gasteiger partial charge on any atom is -0.480 e. The van der Waals surface area contributed by atoms with E-state index in [2.05, 4.69) is 10.3 Å². The van der Waals surface area contributed by atoms with E-state index in [1.807, 2.05) is 13.8 Å². The number of aromatic nitrogens is 2. The number of alkyl carbamates (subject to hydrolysis) is 1. The van der Waals surface area contributed by atoms with Gasteiger partial charge in [0, 0.05) is 12.6 Å². The van der Waals surface area contributed by atoms with E-state index in [0.717, 1.165) is 11.5 Å². The number of ether oxygens (including phenoxy) is 1. The van der Waals surface area contributed by atoms with Crippen molar-refractivity contribution in [3.63, 3.8) is 0 Å². The van der Waals surface area contributed by atoms with E-state index in [1.165, 1.54) is 0 Å². The summed E-state index contributed by atoms with van der Waals surface area (Å²) >= 11 is 0. The summed E-state index contributed by atoms with van der Waals surface area (Å²) in [6.07, 6.45) is 1.71. The lowest BCUT2D eigenvalue weighted by Gasteiger charge is -2.22. The first-order valence-corrected chi connectivity index (χ1v) is 6.87. The summed E-state index contributed by atoms with van der Waals surface area (Å²) in [5.74, 6) is -0.334. The number of rotatable bonds is 5. The van der Waals surface area contributed by atoms with E-state index in [-0.39, 0.29) is 6.54 Å². The minimum absolute atomic E-state index is 0.110. The zero-order chi connectivity index (χ0) is 16.2. The molecule has 0 saturated carbocycles. The fraction of sp³-hybridized carbons (Fsp3) is 0.643. The Labute approximate surface area is 124 Å². The van der Waals surface area contributed by atoms with Crippen LogP contribution in [0.4, 0.5) is 4.79 Å². The molecular formula is C14H23N3O4. The van der Waals surface area contributed by atoms with Crippen LogP contribution in [0.15, 0.2) is 6.20 Å². The molecule has 0 aliphatic rings.